The summed E-state index contributed by atoms with van der Waals surface area (Å²) in [4.78, 5) is 23.6. The third kappa shape index (κ3) is 3.23. The maximum atomic E-state index is 11.8. The molecule has 0 bridgehead atoms. The zero-order chi connectivity index (χ0) is 13.8. The van der Waals surface area contributed by atoms with Crippen LogP contribution in [0.25, 0.3) is 0 Å². The van der Waals surface area contributed by atoms with Gasteiger partial charge in [0.1, 0.15) is 0 Å². The van der Waals surface area contributed by atoms with Gasteiger partial charge < -0.3 is 10.4 Å². The molecular formula is C12H16ClNO3S. The van der Waals surface area contributed by atoms with Crippen molar-refractivity contribution in [2.24, 2.45) is 5.41 Å². The largest absolute Gasteiger partial charge is 0.481 e. The van der Waals surface area contributed by atoms with E-state index in [2.05, 4.69) is 5.32 Å². The smallest absolute Gasteiger partial charge is 0.311 e. The predicted octanol–water partition coefficient (Wildman–Crippen LogP) is 3.02. The van der Waals surface area contributed by atoms with Gasteiger partial charge in [-0.1, -0.05) is 25.4 Å². The highest BCUT2D eigenvalue weighted by Gasteiger charge is 2.35. The van der Waals surface area contributed by atoms with Crippen molar-refractivity contribution in [1.82, 2.24) is 5.32 Å². The monoisotopic (exact) mass is 289 g/mol. The van der Waals surface area contributed by atoms with Crippen LogP contribution in [0.15, 0.2) is 12.1 Å². The molecule has 1 aromatic heterocycles. The summed E-state index contributed by atoms with van der Waals surface area (Å²) in [6.45, 7) is 3.75. The number of carbonyl (C=O) groups is 2. The Hall–Kier alpha value is -1.07. The summed E-state index contributed by atoms with van der Waals surface area (Å²) in [7, 11) is 0. The van der Waals surface area contributed by atoms with E-state index in [0.717, 1.165) is 0 Å². The second kappa shape index (κ2) is 6.20. The highest BCUT2D eigenvalue weighted by Crippen LogP contribution is 2.26. The zero-order valence-electron chi connectivity index (χ0n) is 10.3. The summed E-state index contributed by atoms with van der Waals surface area (Å²) in [5, 5.41) is 11.9. The summed E-state index contributed by atoms with van der Waals surface area (Å²) in [6.07, 6.45) is 0.953. The summed E-state index contributed by atoms with van der Waals surface area (Å²) >= 11 is 6.92. The van der Waals surface area contributed by atoms with Crippen molar-refractivity contribution in [3.63, 3.8) is 0 Å². The average molecular weight is 290 g/mol. The first kappa shape index (κ1) is 15.0. The molecule has 0 fully saturated rings. The van der Waals surface area contributed by atoms with E-state index in [1.54, 1.807) is 12.1 Å². The van der Waals surface area contributed by atoms with Crippen molar-refractivity contribution in [3.05, 3.63) is 21.3 Å². The molecule has 0 radical (unpaired) electrons. The molecule has 1 heterocycles. The van der Waals surface area contributed by atoms with E-state index < -0.39 is 11.4 Å². The van der Waals surface area contributed by atoms with Crippen LogP contribution in [0.2, 0.25) is 4.34 Å². The fourth-order valence-corrected chi connectivity index (χ4v) is 2.61. The number of aliphatic carboxylic acids is 1. The van der Waals surface area contributed by atoms with Crippen molar-refractivity contribution >= 4 is 34.8 Å². The Balaban J connectivity index is 2.69. The van der Waals surface area contributed by atoms with E-state index in [1.165, 1.54) is 11.3 Å². The van der Waals surface area contributed by atoms with Crippen LogP contribution in [0.4, 0.5) is 0 Å². The topological polar surface area (TPSA) is 66.4 Å². The van der Waals surface area contributed by atoms with Gasteiger partial charge in [0, 0.05) is 6.54 Å². The van der Waals surface area contributed by atoms with Gasteiger partial charge in [0.2, 0.25) is 0 Å². The number of hydrogen-bond donors (Lipinski definition) is 2. The van der Waals surface area contributed by atoms with Gasteiger partial charge in [-0.25, -0.2) is 0 Å². The molecule has 1 aromatic rings. The standard InChI is InChI=1S/C12H16ClNO3S/c1-3-12(4-2,11(16)17)7-14-10(15)8-5-6-9(13)18-8/h5-6H,3-4,7H2,1-2H3,(H,14,15)(H,16,17). The van der Waals surface area contributed by atoms with E-state index in [-0.39, 0.29) is 12.5 Å². The molecule has 2 N–H and O–H groups in total. The Bertz CT molecular complexity index is 440. The van der Waals surface area contributed by atoms with Gasteiger partial charge in [0.25, 0.3) is 5.91 Å². The minimum Gasteiger partial charge on any atom is -0.481 e. The van der Waals surface area contributed by atoms with Crippen LogP contribution in [-0.2, 0) is 4.79 Å². The lowest BCUT2D eigenvalue weighted by molar-refractivity contribution is -0.149. The van der Waals surface area contributed by atoms with Gasteiger partial charge in [0.15, 0.2) is 0 Å². The molecule has 0 aliphatic rings. The molecule has 0 aromatic carbocycles. The molecule has 18 heavy (non-hydrogen) atoms. The fraction of sp³-hybridized carbons (Fsp3) is 0.500. The Kier molecular flexibility index (Phi) is 5.16. The molecule has 0 aliphatic heterocycles. The van der Waals surface area contributed by atoms with Crippen LogP contribution in [0, 0.1) is 5.41 Å². The molecule has 0 unspecified atom stereocenters. The number of rotatable bonds is 6. The molecule has 1 rings (SSSR count). The Morgan fingerprint density at radius 2 is 2.00 bits per heavy atom. The van der Waals surface area contributed by atoms with Gasteiger partial charge >= 0.3 is 5.97 Å². The van der Waals surface area contributed by atoms with Crippen LogP contribution < -0.4 is 5.32 Å². The van der Waals surface area contributed by atoms with Crippen LogP contribution in [0.5, 0.6) is 0 Å². The average Bonchev–Trinajstić information content (AvgIpc) is 2.77. The molecule has 0 atom stereocenters. The summed E-state index contributed by atoms with van der Waals surface area (Å²) < 4.78 is 0.538. The number of halogens is 1. The van der Waals surface area contributed by atoms with E-state index >= 15 is 0 Å². The lowest BCUT2D eigenvalue weighted by Crippen LogP contribution is -2.42. The number of carboxylic acids is 1. The van der Waals surface area contributed by atoms with E-state index in [4.69, 9.17) is 11.6 Å². The second-order valence-corrected chi connectivity index (χ2v) is 5.79. The number of nitrogens with one attached hydrogen (secondary N) is 1. The normalized spacial score (nSPS) is 11.3. The maximum absolute atomic E-state index is 11.8. The SMILES string of the molecule is CCC(CC)(CNC(=O)c1ccc(Cl)s1)C(=O)O. The van der Waals surface area contributed by atoms with Crippen LogP contribution >= 0.6 is 22.9 Å². The van der Waals surface area contributed by atoms with Crippen LogP contribution in [0.3, 0.4) is 0 Å². The number of thiophene rings is 1. The van der Waals surface area contributed by atoms with Gasteiger partial charge in [-0.2, -0.15) is 0 Å². The molecular weight excluding hydrogens is 274 g/mol. The summed E-state index contributed by atoms with van der Waals surface area (Å²) in [5.41, 5.74) is -0.892. The molecule has 0 saturated carbocycles. The van der Waals surface area contributed by atoms with Crippen molar-refractivity contribution in [2.75, 3.05) is 6.54 Å². The van der Waals surface area contributed by atoms with Crippen molar-refractivity contribution < 1.29 is 14.7 Å². The highest BCUT2D eigenvalue weighted by molar-refractivity contribution is 7.17. The quantitative estimate of drug-likeness (QED) is 0.846. The van der Waals surface area contributed by atoms with Gasteiger partial charge in [-0.15, -0.1) is 11.3 Å². The first-order chi connectivity index (χ1) is 8.45. The molecule has 4 nitrogen and oxygen atoms in total. The van der Waals surface area contributed by atoms with Gasteiger partial charge in [0.05, 0.1) is 14.6 Å². The van der Waals surface area contributed by atoms with E-state index in [0.29, 0.717) is 22.1 Å². The summed E-state index contributed by atoms with van der Waals surface area (Å²) in [5.74, 6) is -1.16. The maximum Gasteiger partial charge on any atom is 0.311 e. The third-order valence-corrected chi connectivity index (χ3v) is 4.42. The van der Waals surface area contributed by atoms with Gasteiger partial charge in [-0.3, -0.25) is 9.59 Å². The number of carbonyl (C=O) groups excluding carboxylic acids is 1. The van der Waals surface area contributed by atoms with Crippen molar-refractivity contribution in [2.45, 2.75) is 26.7 Å². The molecule has 100 valence electrons. The summed E-state index contributed by atoms with van der Waals surface area (Å²) in [6, 6.07) is 3.27. The molecule has 0 spiro atoms. The first-order valence-electron chi connectivity index (χ1n) is 5.72. The number of amides is 1. The van der Waals surface area contributed by atoms with E-state index in [1.807, 2.05) is 13.8 Å². The lowest BCUT2D eigenvalue weighted by Gasteiger charge is -2.26. The minimum atomic E-state index is -0.892. The Morgan fingerprint density at radius 1 is 1.39 bits per heavy atom. The first-order valence-corrected chi connectivity index (χ1v) is 6.91. The van der Waals surface area contributed by atoms with Crippen molar-refractivity contribution in [1.29, 1.82) is 0 Å². The number of hydrogen-bond acceptors (Lipinski definition) is 3. The van der Waals surface area contributed by atoms with Crippen LogP contribution in [-0.4, -0.2) is 23.5 Å². The Labute approximate surface area is 115 Å². The second-order valence-electron chi connectivity index (χ2n) is 4.08. The van der Waals surface area contributed by atoms with Gasteiger partial charge in [-0.05, 0) is 25.0 Å². The predicted molar refractivity (Wildman–Crippen MR) is 72.3 cm³/mol. The molecule has 0 saturated heterocycles. The third-order valence-electron chi connectivity index (χ3n) is 3.19. The molecule has 6 heteroatoms. The number of carboxylic acid groups (broad SMARTS) is 1. The lowest BCUT2D eigenvalue weighted by atomic mass is 9.82. The Morgan fingerprint density at radius 3 is 2.39 bits per heavy atom. The molecule has 1 amide bonds. The fourth-order valence-electron chi connectivity index (χ4n) is 1.65. The zero-order valence-corrected chi connectivity index (χ0v) is 11.9. The van der Waals surface area contributed by atoms with E-state index in [9.17, 15) is 14.7 Å². The highest BCUT2D eigenvalue weighted by atomic mass is 35.5. The molecule has 0 aliphatic carbocycles. The minimum absolute atomic E-state index is 0.129. The van der Waals surface area contributed by atoms with Crippen molar-refractivity contribution in [3.8, 4) is 0 Å². The van der Waals surface area contributed by atoms with Crippen LogP contribution in [0.1, 0.15) is 36.4 Å².